The van der Waals surface area contributed by atoms with E-state index in [0.717, 1.165) is 0 Å². The minimum atomic E-state index is -1.14. The Labute approximate surface area is 117 Å². The van der Waals surface area contributed by atoms with Crippen molar-refractivity contribution in [1.82, 2.24) is 4.98 Å². The summed E-state index contributed by atoms with van der Waals surface area (Å²) in [4.78, 5) is 14.7. The molecule has 0 radical (unpaired) electrons. The van der Waals surface area contributed by atoms with Crippen molar-refractivity contribution in [2.75, 3.05) is 0 Å². The van der Waals surface area contributed by atoms with E-state index in [9.17, 15) is 9.18 Å². The Morgan fingerprint density at radius 3 is 2.95 bits per heavy atom. The van der Waals surface area contributed by atoms with Crippen LogP contribution < -0.4 is 4.74 Å². The monoisotopic (exact) mass is 325 g/mol. The Bertz CT molecular complexity index is 619. The SMILES string of the molecule is O=C(O)c1ncccc1COc1cc(Br)ccc1F. The molecule has 0 unspecified atom stereocenters. The number of hydrogen-bond donors (Lipinski definition) is 1. The van der Waals surface area contributed by atoms with Gasteiger partial charge >= 0.3 is 5.97 Å². The average Bonchev–Trinajstić information content (AvgIpc) is 2.40. The maximum Gasteiger partial charge on any atom is 0.354 e. The summed E-state index contributed by atoms with van der Waals surface area (Å²) in [5, 5.41) is 8.96. The van der Waals surface area contributed by atoms with Crippen LogP contribution in [-0.2, 0) is 6.61 Å². The molecule has 19 heavy (non-hydrogen) atoms. The van der Waals surface area contributed by atoms with Crippen LogP contribution in [0.2, 0.25) is 0 Å². The number of aromatic nitrogens is 1. The van der Waals surface area contributed by atoms with Crippen molar-refractivity contribution in [2.45, 2.75) is 6.61 Å². The summed E-state index contributed by atoms with van der Waals surface area (Å²) in [6.07, 6.45) is 1.38. The molecule has 2 rings (SSSR count). The minimum Gasteiger partial charge on any atom is -0.486 e. The molecular weight excluding hydrogens is 317 g/mol. The fourth-order valence-electron chi connectivity index (χ4n) is 1.49. The molecule has 1 aromatic heterocycles. The van der Waals surface area contributed by atoms with Gasteiger partial charge in [-0.3, -0.25) is 0 Å². The quantitative estimate of drug-likeness (QED) is 0.937. The summed E-state index contributed by atoms with van der Waals surface area (Å²) < 4.78 is 19.4. The van der Waals surface area contributed by atoms with E-state index >= 15 is 0 Å². The van der Waals surface area contributed by atoms with Gasteiger partial charge in [0, 0.05) is 16.2 Å². The van der Waals surface area contributed by atoms with Crippen molar-refractivity contribution in [3.05, 3.63) is 58.1 Å². The number of hydrogen-bond acceptors (Lipinski definition) is 3. The number of aromatic carboxylic acids is 1. The fraction of sp³-hybridized carbons (Fsp3) is 0.0769. The van der Waals surface area contributed by atoms with Crippen LogP contribution in [-0.4, -0.2) is 16.1 Å². The van der Waals surface area contributed by atoms with Gasteiger partial charge in [-0.2, -0.15) is 0 Å². The Balaban J connectivity index is 2.19. The number of rotatable bonds is 4. The normalized spacial score (nSPS) is 10.2. The molecule has 1 N–H and O–H groups in total. The number of halogens is 2. The average molecular weight is 326 g/mol. The van der Waals surface area contributed by atoms with Gasteiger partial charge in [0.2, 0.25) is 0 Å². The molecule has 2 aromatic rings. The first-order chi connectivity index (χ1) is 9.08. The lowest BCUT2D eigenvalue weighted by Crippen LogP contribution is -2.08. The van der Waals surface area contributed by atoms with E-state index in [-0.39, 0.29) is 18.1 Å². The third-order valence-electron chi connectivity index (χ3n) is 2.37. The maximum atomic E-state index is 13.5. The van der Waals surface area contributed by atoms with Gasteiger partial charge in [0.25, 0.3) is 0 Å². The minimum absolute atomic E-state index is 0.0505. The van der Waals surface area contributed by atoms with Gasteiger partial charge in [0.15, 0.2) is 17.3 Å². The van der Waals surface area contributed by atoms with Crippen LogP contribution in [0.1, 0.15) is 16.1 Å². The number of benzene rings is 1. The second kappa shape index (κ2) is 5.79. The first kappa shape index (κ1) is 13.5. The predicted molar refractivity (Wildman–Crippen MR) is 69.6 cm³/mol. The van der Waals surface area contributed by atoms with Crippen molar-refractivity contribution in [2.24, 2.45) is 0 Å². The van der Waals surface area contributed by atoms with E-state index in [1.807, 2.05) is 0 Å². The highest BCUT2D eigenvalue weighted by molar-refractivity contribution is 9.10. The Morgan fingerprint density at radius 1 is 1.42 bits per heavy atom. The topological polar surface area (TPSA) is 59.4 Å². The molecule has 6 heteroatoms. The second-order valence-electron chi connectivity index (χ2n) is 3.68. The van der Waals surface area contributed by atoms with Crippen LogP contribution in [0, 0.1) is 5.82 Å². The van der Waals surface area contributed by atoms with Crippen LogP contribution in [0.4, 0.5) is 4.39 Å². The molecule has 0 saturated carbocycles. The highest BCUT2D eigenvalue weighted by atomic mass is 79.9. The largest absolute Gasteiger partial charge is 0.486 e. The molecule has 0 bridgehead atoms. The molecule has 0 aliphatic heterocycles. The van der Waals surface area contributed by atoms with Gasteiger partial charge in [-0.05, 0) is 24.3 Å². The number of carboxylic acids is 1. The zero-order chi connectivity index (χ0) is 13.8. The van der Waals surface area contributed by atoms with Crippen molar-refractivity contribution >= 4 is 21.9 Å². The Kier molecular flexibility index (Phi) is 4.11. The van der Waals surface area contributed by atoms with Gasteiger partial charge in [0.05, 0.1) is 0 Å². The van der Waals surface area contributed by atoms with E-state index in [4.69, 9.17) is 9.84 Å². The van der Waals surface area contributed by atoms with Crippen LogP contribution in [0.15, 0.2) is 41.0 Å². The molecule has 0 fully saturated rings. The summed E-state index contributed by atoms with van der Waals surface area (Å²) >= 11 is 3.21. The molecule has 1 heterocycles. The lowest BCUT2D eigenvalue weighted by Gasteiger charge is -2.09. The number of nitrogens with zero attached hydrogens (tertiary/aromatic N) is 1. The van der Waals surface area contributed by atoms with Crippen LogP contribution in [0.3, 0.4) is 0 Å². The predicted octanol–water partition coefficient (Wildman–Crippen LogP) is 3.26. The number of pyridine rings is 1. The first-order valence-electron chi connectivity index (χ1n) is 5.33. The highest BCUT2D eigenvalue weighted by Gasteiger charge is 2.12. The van der Waals surface area contributed by atoms with E-state index in [2.05, 4.69) is 20.9 Å². The molecule has 1 aromatic carbocycles. The second-order valence-corrected chi connectivity index (χ2v) is 4.60. The van der Waals surface area contributed by atoms with Gasteiger partial charge in [-0.15, -0.1) is 0 Å². The Morgan fingerprint density at radius 2 is 2.21 bits per heavy atom. The number of ether oxygens (including phenoxy) is 1. The molecule has 0 spiro atoms. The third kappa shape index (κ3) is 3.29. The van der Waals surface area contributed by atoms with E-state index in [0.29, 0.717) is 10.0 Å². The molecule has 0 aliphatic rings. The first-order valence-corrected chi connectivity index (χ1v) is 6.12. The summed E-state index contributed by atoms with van der Waals surface area (Å²) in [7, 11) is 0. The fourth-order valence-corrected chi connectivity index (χ4v) is 1.83. The van der Waals surface area contributed by atoms with Gasteiger partial charge < -0.3 is 9.84 Å². The molecular formula is C13H9BrFNO3. The molecule has 0 atom stereocenters. The third-order valence-corrected chi connectivity index (χ3v) is 2.86. The smallest absolute Gasteiger partial charge is 0.354 e. The summed E-state index contributed by atoms with van der Waals surface area (Å²) in [6.45, 7) is -0.0666. The molecule has 98 valence electrons. The van der Waals surface area contributed by atoms with Crippen LogP contribution >= 0.6 is 15.9 Å². The number of carbonyl (C=O) groups is 1. The van der Waals surface area contributed by atoms with Crippen LogP contribution in [0.25, 0.3) is 0 Å². The zero-order valence-corrected chi connectivity index (χ0v) is 11.2. The summed E-state index contributed by atoms with van der Waals surface area (Å²) in [5.41, 5.74) is 0.285. The maximum absolute atomic E-state index is 13.5. The van der Waals surface area contributed by atoms with Crippen molar-refractivity contribution in [3.8, 4) is 5.75 Å². The standard InChI is InChI=1S/C13H9BrFNO3/c14-9-3-4-10(15)11(6-9)19-7-8-2-1-5-16-12(8)13(17)18/h1-6H,7H2,(H,17,18). The van der Waals surface area contributed by atoms with Gasteiger partial charge in [-0.25, -0.2) is 14.2 Å². The van der Waals surface area contributed by atoms with Gasteiger partial charge in [-0.1, -0.05) is 22.0 Å². The Hall–Kier alpha value is -1.95. The molecule has 0 aliphatic carbocycles. The number of carboxylic acid groups (broad SMARTS) is 1. The lowest BCUT2D eigenvalue weighted by molar-refractivity contribution is 0.0687. The summed E-state index contributed by atoms with van der Waals surface area (Å²) in [6, 6.07) is 7.47. The van der Waals surface area contributed by atoms with E-state index in [1.54, 1.807) is 18.2 Å². The van der Waals surface area contributed by atoms with Crippen molar-refractivity contribution in [1.29, 1.82) is 0 Å². The van der Waals surface area contributed by atoms with Crippen molar-refractivity contribution < 1.29 is 19.0 Å². The molecule has 4 nitrogen and oxygen atoms in total. The molecule has 0 amide bonds. The summed E-state index contributed by atoms with van der Waals surface area (Å²) in [5.74, 6) is -1.60. The van der Waals surface area contributed by atoms with E-state index in [1.165, 1.54) is 18.3 Å². The lowest BCUT2D eigenvalue weighted by atomic mass is 10.2. The molecule has 0 saturated heterocycles. The van der Waals surface area contributed by atoms with Crippen LogP contribution in [0.5, 0.6) is 5.75 Å². The van der Waals surface area contributed by atoms with E-state index < -0.39 is 11.8 Å². The highest BCUT2D eigenvalue weighted by Crippen LogP contribution is 2.23. The van der Waals surface area contributed by atoms with Gasteiger partial charge in [0.1, 0.15) is 6.61 Å². The van der Waals surface area contributed by atoms with Crippen molar-refractivity contribution in [3.63, 3.8) is 0 Å². The zero-order valence-electron chi connectivity index (χ0n) is 9.64.